The highest BCUT2D eigenvalue weighted by atomic mass is 79.9. The molecule has 1 aromatic rings. The zero-order valence-electron chi connectivity index (χ0n) is 8.73. The second kappa shape index (κ2) is 4.88. The zero-order valence-corrected chi connectivity index (χ0v) is 10.3. The number of nitrogens with zero attached hydrogens (tertiary/aromatic N) is 1. The number of hydrogen-bond donors (Lipinski definition) is 0. The molecule has 0 aromatic heterocycles. The van der Waals surface area contributed by atoms with Crippen LogP contribution >= 0.6 is 15.9 Å². The lowest BCUT2D eigenvalue weighted by atomic mass is 9.97. The second-order valence-corrected chi connectivity index (χ2v) is 3.94. The molecule has 0 unspecified atom stereocenters. The zero-order chi connectivity index (χ0) is 13.2. The van der Waals surface area contributed by atoms with E-state index in [0.717, 1.165) is 6.07 Å². The van der Waals surface area contributed by atoms with Crippen LogP contribution in [0.3, 0.4) is 0 Å². The fraction of sp³-hybridized carbons (Fsp3) is 0.273. The quantitative estimate of drug-likeness (QED) is 0.620. The molecular formula is C11H7BrF3NO. The van der Waals surface area contributed by atoms with Gasteiger partial charge in [0.2, 0.25) is 0 Å². The standard InChI is InChI=1S/C11H7BrF3NO/c1-6-2-8(10(17)4-12)9(11(13,14)15)3-7(6)5-16/h2-3H,4H2,1H3. The third kappa shape index (κ3) is 2.86. The van der Waals surface area contributed by atoms with E-state index < -0.39 is 23.1 Å². The molecule has 0 aliphatic heterocycles. The Hall–Kier alpha value is -1.35. The summed E-state index contributed by atoms with van der Waals surface area (Å²) < 4.78 is 38.1. The minimum absolute atomic E-state index is 0.0801. The summed E-state index contributed by atoms with van der Waals surface area (Å²) in [6, 6.07) is 3.48. The molecular weight excluding hydrogens is 299 g/mol. The van der Waals surface area contributed by atoms with Crippen molar-refractivity contribution in [3.63, 3.8) is 0 Å². The first-order valence-electron chi connectivity index (χ1n) is 4.52. The third-order valence-electron chi connectivity index (χ3n) is 2.21. The van der Waals surface area contributed by atoms with Crippen molar-refractivity contribution < 1.29 is 18.0 Å². The molecule has 90 valence electrons. The molecule has 0 saturated carbocycles. The maximum Gasteiger partial charge on any atom is 0.417 e. The number of ketones is 1. The van der Waals surface area contributed by atoms with Crippen molar-refractivity contribution >= 4 is 21.7 Å². The van der Waals surface area contributed by atoms with Gasteiger partial charge in [0, 0.05) is 5.56 Å². The molecule has 1 rings (SSSR count). The number of nitriles is 1. The maximum atomic E-state index is 12.7. The van der Waals surface area contributed by atoms with Crippen molar-refractivity contribution in [1.29, 1.82) is 5.26 Å². The molecule has 17 heavy (non-hydrogen) atoms. The summed E-state index contributed by atoms with van der Waals surface area (Å²) >= 11 is 2.83. The van der Waals surface area contributed by atoms with E-state index in [1.54, 1.807) is 6.07 Å². The van der Waals surface area contributed by atoms with Crippen LogP contribution in [0.2, 0.25) is 0 Å². The Bertz CT molecular complexity index is 503. The molecule has 0 aliphatic rings. The molecule has 0 atom stereocenters. The van der Waals surface area contributed by atoms with Gasteiger partial charge in [-0.25, -0.2) is 0 Å². The lowest BCUT2D eigenvalue weighted by molar-refractivity contribution is -0.137. The van der Waals surface area contributed by atoms with Crippen molar-refractivity contribution in [3.8, 4) is 6.07 Å². The summed E-state index contributed by atoms with van der Waals surface area (Å²) in [6.45, 7) is 1.49. The monoisotopic (exact) mass is 305 g/mol. The van der Waals surface area contributed by atoms with Crippen molar-refractivity contribution in [1.82, 2.24) is 0 Å². The van der Waals surface area contributed by atoms with Gasteiger partial charge in [-0.2, -0.15) is 18.4 Å². The van der Waals surface area contributed by atoms with Crippen molar-refractivity contribution in [3.05, 3.63) is 34.4 Å². The molecule has 0 fully saturated rings. The minimum atomic E-state index is -4.65. The highest BCUT2D eigenvalue weighted by Gasteiger charge is 2.35. The molecule has 0 heterocycles. The Morgan fingerprint density at radius 1 is 1.47 bits per heavy atom. The van der Waals surface area contributed by atoms with E-state index in [-0.39, 0.29) is 10.9 Å². The molecule has 1 aromatic carbocycles. The van der Waals surface area contributed by atoms with Gasteiger partial charge in [0.05, 0.1) is 22.5 Å². The first-order valence-corrected chi connectivity index (χ1v) is 5.64. The van der Waals surface area contributed by atoms with E-state index in [1.165, 1.54) is 6.92 Å². The number of rotatable bonds is 2. The van der Waals surface area contributed by atoms with Crippen LogP contribution in [0.5, 0.6) is 0 Å². The summed E-state index contributed by atoms with van der Waals surface area (Å²) in [6.07, 6.45) is -4.65. The Balaban J connectivity index is 3.54. The molecule has 0 radical (unpaired) electrons. The average molecular weight is 306 g/mol. The van der Waals surface area contributed by atoms with Crippen LogP contribution in [0, 0.1) is 18.3 Å². The SMILES string of the molecule is Cc1cc(C(=O)CBr)c(C(F)(F)F)cc1C#N. The lowest BCUT2D eigenvalue weighted by Gasteiger charge is -2.13. The highest BCUT2D eigenvalue weighted by molar-refractivity contribution is 9.09. The summed E-state index contributed by atoms with van der Waals surface area (Å²) in [5.41, 5.74) is -1.21. The van der Waals surface area contributed by atoms with Crippen molar-refractivity contribution in [2.45, 2.75) is 13.1 Å². The van der Waals surface area contributed by atoms with Crippen LogP contribution in [0.1, 0.15) is 27.0 Å². The fourth-order valence-electron chi connectivity index (χ4n) is 1.37. The predicted molar refractivity (Wildman–Crippen MR) is 59.0 cm³/mol. The summed E-state index contributed by atoms with van der Waals surface area (Å²) in [5, 5.41) is 8.49. The van der Waals surface area contributed by atoms with Crippen LogP contribution in [-0.2, 0) is 6.18 Å². The first-order chi connectivity index (χ1) is 7.81. The van der Waals surface area contributed by atoms with Gasteiger partial charge in [-0.3, -0.25) is 4.79 Å². The molecule has 0 saturated heterocycles. The smallest absolute Gasteiger partial charge is 0.293 e. The van der Waals surface area contributed by atoms with Gasteiger partial charge in [0.15, 0.2) is 5.78 Å². The van der Waals surface area contributed by atoms with Gasteiger partial charge in [0.1, 0.15) is 0 Å². The number of alkyl halides is 4. The van der Waals surface area contributed by atoms with Crippen molar-refractivity contribution in [2.24, 2.45) is 0 Å². The van der Waals surface area contributed by atoms with Crippen LogP contribution < -0.4 is 0 Å². The van der Waals surface area contributed by atoms with Gasteiger partial charge >= 0.3 is 6.18 Å². The second-order valence-electron chi connectivity index (χ2n) is 3.38. The number of benzene rings is 1. The van der Waals surface area contributed by atoms with Gasteiger partial charge in [0.25, 0.3) is 0 Å². The van der Waals surface area contributed by atoms with E-state index in [2.05, 4.69) is 15.9 Å². The lowest BCUT2D eigenvalue weighted by Crippen LogP contribution is -2.15. The Labute approximate surface area is 104 Å². The van der Waals surface area contributed by atoms with Crippen LogP contribution in [0.15, 0.2) is 12.1 Å². The topological polar surface area (TPSA) is 40.9 Å². The Morgan fingerprint density at radius 2 is 2.06 bits per heavy atom. The molecule has 0 bridgehead atoms. The number of aryl methyl sites for hydroxylation is 1. The number of hydrogen-bond acceptors (Lipinski definition) is 2. The van der Waals surface area contributed by atoms with Crippen LogP contribution in [0.4, 0.5) is 13.2 Å². The van der Waals surface area contributed by atoms with Crippen LogP contribution in [0.25, 0.3) is 0 Å². The number of Topliss-reactive ketones (excluding diaryl/α,β-unsaturated/α-hetero) is 1. The first kappa shape index (κ1) is 13.7. The Kier molecular flexibility index (Phi) is 3.94. The predicted octanol–water partition coefficient (Wildman–Crippen LogP) is 3.46. The van der Waals surface area contributed by atoms with E-state index in [1.807, 2.05) is 0 Å². The molecule has 0 spiro atoms. The fourth-order valence-corrected chi connectivity index (χ4v) is 1.67. The molecule has 6 heteroatoms. The van der Waals surface area contributed by atoms with E-state index in [4.69, 9.17) is 5.26 Å². The molecule has 0 N–H and O–H groups in total. The number of carbonyl (C=O) groups excluding carboxylic acids is 1. The highest BCUT2D eigenvalue weighted by Crippen LogP contribution is 2.34. The van der Waals surface area contributed by atoms with Crippen LogP contribution in [-0.4, -0.2) is 11.1 Å². The third-order valence-corrected chi connectivity index (χ3v) is 2.72. The van der Waals surface area contributed by atoms with Gasteiger partial charge in [-0.05, 0) is 24.6 Å². The van der Waals surface area contributed by atoms with Gasteiger partial charge in [-0.15, -0.1) is 0 Å². The Morgan fingerprint density at radius 3 is 2.47 bits per heavy atom. The largest absolute Gasteiger partial charge is 0.417 e. The molecule has 2 nitrogen and oxygen atoms in total. The molecule has 0 aliphatic carbocycles. The van der Waals surface area contributed by atoms with E-state index in [0.29, 0.717) is 11.6 Å². The average Bonchev–Trinajstić information content (AvgIpc) is 2.26. The van der Waals surface area contributed by atoms with Gasteiger partial charge < -0.3 is 0 Å². The molecule has 0 amide bonds. The summed E-state index contributed by atoms with van der Waals surface area (Å²) in [4.78, 5) is 11.4. The normalized spacial score (nSPS) is 11.1. The summed E-state index contributed by atoms with van der Waals surface area (Å²) in [5.74, 6) is -0.662. The minimum Gasteiger partial charge on any atom is -0.293 e. The van der Waals surface area contributed by atoms with E-state index >= 15 is 0 Å². The van der Waals surface area contributed by atoms with E-state index in [9.17, 15) is 18.0 Å². The number of carbonyl (C=O) groups is 1. The van der Waals surface area contributed by atoms with Crippen molar-refractivity contribution in [2.75, 3.05) is 5.33 Å². The van der Waals surface area contributed by atoms with Gasteiger partial charge in [-0.1, -0.05) is 15.9 Å². The maximum absolute atomic E-state index is 12.7. The summed E-state index contributed by atoms with van der Waals surface area (Å²) in [7, 11) is 0. The number of halogens is 4.